The molecule has 0 aliphatic heterocycles. The second-order valence-electron chi connectivity index (χ2n) is 4.01. The van der Waals surface area contributed by atoms with E-state index in [4.69, 9.17) is 20.8 Å². The Labute approximate surface area is 126 Å². The van der Waals surface area contributed by atoms with Crippen molar-refractivity contribution >= 4 is 27.5 Å². The van der Waals surface area contributed by atoms with Gasteiger partial charge in [0, 0.05) is 10.6 Å². The van der Waals surface area contributed by atoms with E-state index in [1.807, 2.05) is 31.2 Å². The van der Waals surface area contributed by atoms with Crippen molar-refractivity contribution < 1.29 is 9.15 Å². The van der Waals surface area contributed by atoms with E-state index >= 15 is 0 Å². The molecule has 0 aliphatic rings. The Bertz CT molecular complexity index is 556. The Morgan fingerprint density at radius 2 is 2.21 bits per heavy atom. The summed E-state index contributed by atoms with van der Waals surface area (Å²) in [5.41, 5.74) is 0.951. The van der Waals surface area contributed by atoms with Crippen LogP contribution in [0.2, 0.25) is 5.02 Å². The molecule has 19 heavy (non-hydrogen) atoms. The summed E-state index contributed by atoms with van der Waals surface area (Å²) in [6.07, 6.45) is 1.65. The van der Waals surface area contributed by atoms with E-state index in [9.17, 15) is 0 Å². The molecule has 0 fully saturated rings. The van der Waals surface area contributed by atoms with Gasteiger partial charge in [0.25, 0.3) is 0 Å². The highest BCUT2D eigenvalue weighted by Crippen LogP contribution is 2.35. The minimum atomic E-state index is -0.108. The summed E-state index contributed by atoms with van der Waals surface area (Å²) >= 11 is 9.59. The van der Waals surface area contributed by atoms with Crippen molar-refractivity contribution in [3.63, 3.8) is 0 Å². The maximum Gasteiger partial charge on any atom is 0.139 e. The lowest BCUT2D eigenvalue weighted by Crippen LogP contribution is -2.22. The molecule has 2 rings (SSSR count). The second kappa shape index (κ2) is 6.46. The molecule has 0 bridgehead atoms. The average Bonchev–Trinajstić information content (AvgIpc) is 2.82. The molecule has 0 amide bonds. The lowest BCUT2D eigenvalue weighted by atomic mass is 10.0. The van der Waals surface area contributed by atoms with Crippen molar-refractivity contribution in [3.05, 3.63) is 51.3 Å². The molecule has 0 saturated heterocycles. The zero-order valence-electron chi connectivity index (χ0n) is 10.7. The first-order valence-corrected chi connectivity index (χ1v) is 7.14. The Kier molecular flexibility index (Phi) is 4.91. The lowest BCUT2D eigenvalue weighted by molar-refractivity contribution is 0.393. The Morgan fingerprint density at radius 1 is 1.42 bits per heavy atom. The van der Waals surface area contributed by atoms with Gasteiger partial charge in [-0.3, -0.25) is 0 Å². The molecular formula is C14H15BrClNO2. The predicted octanol–water partition coefficient (Wildman–Crippen LogP) is 4.40. The van der Waals surface area contributed by atoms with E-state index in [1.165, 1.54) is 0 Å². The highest BCUT2D eigenvalue weighted by molar-refractivity contribution is 9.10. The van der Waals surface area contributed by atoms with Crippen LogP contribution in [0.25, 0.3) is 0 Å². The number of hydrogen-bond donors (Lipinski definition) is 1. The van der Waals surface area contributed by atoms with E-state index in [2.05, 4.69) is 21.2 Å². The largest absolute Gasteiger partial charge is 0.496 e. The fraction of sp³-hybridized carbons (Fsp3) is 0.286. The smallest absolute Gasteiger partial charge is 0.139 e. The van der Waals surface area contributed by atoms with E-state index in [1.54, 1.807) is 13.4 Å². The van der Waals surface area contributed by atoms with Gasteiger partial charge in [-0.1, -0.05) is 18.5 Å². The quantitative estimate of drug-likeness (QED) is 0.873. The van der Waals surface area contributed by atoms with Crippen LogP contribution >= 0.6 is 27.5 Å². The van der Waals surface area contributed by atoms with Crippen LogP contribution in [0.1, 0.15) is 24.3 Å². The molecule has 1 aromatic heterocycles. The van der Waals surface area contributed by atoms with Gasteiger partial charge in [-0.25, -0.2) is 0 Å². The van der Waals surface area contributed by atoms with Crippen molar-refractivity contribution in [2.24, 2.45) is 0 Å². The van der Waals surface area contributed by atoms with Gasteiger partial charge in [0.1, 0.15) is 11.5 Å². The van der Waals surface area contributed by atoms with E-state index in [-0.39, 0.29) is 6.04 Å². The molecule has 5 heteroatoms. The molecule has 0 aliphatic carbocycles. The van der Waals surface area contributed by atoms with E-state index in [0.717, 1.165) is 28.1 Å². The van der Waals surface area contributed by atoms with Gasteiger partial charge in [0.05, 0.1) is 23.9 Å². The molecular weight excluding hydrogens is 330 g/mol. The average molecular weight is 345 g/mol. The Morgan fingerprint density at radius 3 is 2.79 bits per heavy atom. The fourth-order valence-corrected chi connectivity index (χ4v) is 2.60. The monoisotopic (exact) mass is 343 g/mol. The number of halogens is 2. The van der Waals surface area contributed by atoms with Crippen LogP contribution in [0.3, 0.4) is 0 Å². The summed E-state index contributed by atoms with van der Waals surface area (Å²) in [5, 5.41) is 4.05. The van der Waals surface area contributed by atoms with Crippen LogP contribution in [-0.2, 0) is 0 Å². The number of rotatable bonds is 5. The van der Waals surface area contributed by atoms with Gasteiger partial charge < -0.3 is 14.5 Å². The zero-order chi connectivity index (χ0) is 13.8. The number of ether oxygens (including phenoxy) is 1. The highest BCUT2D eigenvalue weighted by atomic mass is 79.9. The summed E-state index contributed by atoms with van der Waals surface area (Å²) in [5.74, 6) is 1.58. The first kappa shape index (κ1) is 14.4. The predicted molar refractivity (Wildman–Crippen MR) is 79.9 cm³/mol. The summed E-state index contributed by atoms with van der Waals surface area (Å²) in [7, 11) is 1.65. The van der Waals surface area contributed by atoms with E-state index in [0.29, 0.717) is 5.02 Å². The molecule has 0 saturated carbocycles. The maximum atomic E-state index is 6.09. The maximum absolute atomic E-state index is 6.09. The fourth-order valence-electron chi connectivity index (χ4n) is 1.99. The van der Waals surface area contributed by atoms with Crippen molar-refractivity contribution in [2.75, 3.05) is 13.7 Å². The van der Waals surface area contributed by atoms with Crippen LogP contribution < -0.4 is 10.1 Å². The van der Waals surface area contributed by atoms with Gasteiger partial charge in [-0.15, -0.1) is 0 Å². The van der Waals surface area contributed by atoms with Gasteiger partial charge in [0.15, 0.2) is 0 Å². The third-order valence-corrected chi connectivity index (χ3v) is 3.71. The van der Waals surface area contributed by atoms with Crippen LogP contribution in [0, 0.1) is 0 Å². The van der Waals surface area contributed by atoms with E-state index < -0.39 is 0 Å². The SMILES string of the molecule is CCNC(c1cc(Cl)ccc1OC)c1occc1Br. The Balaban J connectivity index is 2.50. The molecule has 0 spiro atoms. The molecule has 1 unspecified atom stereocenters. The van der Waals surface area contributed by atoms with Crippen LogP contribution in [0.5, 0.6) is 5.75 Å². The number of nitrogens with one attached hydrogen (secondary N) is 1. The highest BCUT2D eigenvalue weighted by Gasteiger charge is 2.22. The summed E-state index contributed by atoms with van der Waals surface area (Å²) in [4.78, 5) is 0. The summed E-state index contributed by atoms with van der Waals surface area (Å²) in [6.45, 7) is 2.84. The molecule has 1 heterocycles. The third kappa shape index (κ3) is 3.14. The van der Waals surface area contributed by atoms with Gasteiger partial charge in [-0.05, 0) is 46.7 Å². The lowest BCUT2D eigenvalue weighted by Gasteiger charge is -2.19. The van der Waals surface area contributed by atoms with Crippen molar-refractivity contribution in [2.45, 2.75) is 13.0 Å². The molecule has 102 valence electrons. The van der Waals surface area contributed by atoms with Gasteiger partial charge in [-0.2, -0.15) is 0 Å². The van der Waals surface area contributed by atoms with Crippen LogP contribution in [0.15, 0.2) is 39.4 Å². The third-order valence-electron chi connectivity index (χ3n) is 2.82. The van der Waals surface area contributed by atoms with Crippen LogP contribution in [-0.4, -0.2) is 13.7 Å². The van der Waals surface area contributed by atoms with Crippen molar-refractivity contribution in [1.29, 1.82) is 0 Å². The molecule has 2 aromatic rings. The standard InChI is InChI=1S/C14H15BrClNO2/c1-3-17-13(14-11(15)6-7-19-14)10-8-9(16)4-5-12(10)18-2/h4-8,13,17H,3H2,1-2H3. The zero-order valence-corrected chi connectivity index (χ0v) is 13.1. The van der Waals surface area contributed by atoms with Gasteiger partial charge in [0.2, 0.25) is 0 Å². The van der Waals surface area contributed by atoms with Crippen molar-refractivity contribution in [1.82, 2.24) is 5.32 Å². The van der Waals surface area contributed by atoms with Crippen molar-refractivity contribution in [3.8, 4) is 5.75 Å². The molecule has 1 aromatic carbocycles. The first-order valence-electron chi connectivity index (χ1n) is 5.97. The molecule has 1 N–H and O–H groups in total. The first-order chi connectivity index (χ1) is 9.17. The summed E-state index contributed by atoms with van der Waals surface area (Å²) < 4.78 is 11.9. The normalized spacial score (nSPS) is 12.4. The van der Waals surface area contributed by atoms with Crippen LogP contribution in [0.4, 0.5) is 0 Å². The second-order valence-corrected chi connectivity index (χ2v) is 5.30. The Hall–Kier alpha value is -0.970. The number of hydrogen-bond acceptors (Lipinski definition) is 3. The molecule has 0 radical (unpaired) electrons. The molecule has 3 nitrogen and oxygen atoms in total. The number of benzene rings is 1. The minimum Gasteiger partial charge on any atom is -0.496 e. The minimum absolute atomic E-state index is 0.108. The summed E-state index contributed by atoms with van der Waals surface area (Å²) in [6, 6.07) is 7.32. The topological polar surface area (TPSA) is 34.4 Å². The van der Waals surface area contributed by atoms with Gasteiger partial charge >= 0.3 is 0 Å². The number of methoxy groups -OCH3 is 1. The molecule has 1 atom stereocenters. The number of furan rings is 1.